The first kappa shape index (κ1) is 12.8. The number of aryl methyl sites for hydroxylation is 3. The van der Waals surface area contributed by atoms with Crippen LogP contribution in [0.25, 0.3) is 43.6 Å². The Hall–Kier alpha value is -2.74. The minimum Gasteiger partial charge on any atom is -0.344 e. The molecule has 0 saturated carbocycles. The van der Waals surface area contributed by atoms with Crippen LogP contribution in [0.5, 0.6) is 0 Å². The van der Waals surface area contributed by atoms with Gasteiger partial charge in [-0.05, 0) is 31.2 Å². The number of fused-ring (bicyclic) bond motifs is 7. The van der Waals surface area contributed by atoms with Crippen LogP contribution in [-0.2, 0) is 14.1 Å². The summed E-state index contributed by atoms with van der Waals surface area (Å²) in [5.41, 5.74) is 6.52. The van der Waals surface area contributed by atoms with Crippen molar-refractivity contribution in [1.82, 2.24) is 9.13 Å². The van der Waals surface area contributed by atoms with E-state index in [1.54, 1.807) is 0 Å². The summed E-state index contributed by atoms with van der Waals surface area (Å²) in [4.78, 5) is 0. The lowest BCUT2D eigenvalue weighted by molar-refractivity contribution is 1.01. The second-order valence-corrected chi connectivity index (χ2v) is 6.51. The number of nitrogens with zero attached hydrogens (tertiary/aromatic N) is 2. The molecule has 5 aromatic rings. The van der Waals surface area contributed by atoms with Crippen molar-refractivity contribution in [3.8, 4) is 0 Å². The Labute approximate surface area is 134 Å². The molecule has 2 nitrogen and oxygen atoms in total. The van der Waals surface area contributed by atoms with Gasteiger partial charge >= 0.3 is 0 Å². The van der Waals surface area contributed by atoms with E-state index in [1.807, 2.05) is 0 Å². The minimum absolute atomic E-state index is 1.29. The van der Waals surface area contributed by atoms with Gasteiger partial charge in [0.2, 0.25) is 0 Å². The zero-order valence-corrected chi connectivity index (χ0v) is 13.6. The Morgan fingerprint density at radius 1 is 0.652 bits per heavy atom. The standard InChI is InChI=1S/C21H18N2/c1-13-8-10-18-16(12-13)14-9-11-19-20(21(14)23(18)3)15-6-4-5-7-17(15)22(19)2/h4-12H,1-3H3. The Morgan fingerprint density at radius 2 is 1.39 bits per heavy atom. The summed E-state index contributed by atoms with van der Waals surface area (Å²) < 4.78 is 4.64. The summed E-state index contributed by atoms with van der Waals surface area (Å²) in [6, 6.07) is 20.0. The van der Waals surface area contributed by atoms with Crippen molar-refractivity contribution in [1.29, 1.82) is 0 Å². The number of hydrogen-bond donors (Lipinski definition) is 0. The molecule has 0 unspecified atom stereocenters. The lowest BCUT2D eigenvalue weighted by atomic mass is 10.1. The first-order valence-electron chi connectivity index (χ1n) is 8.01. The van der Waals surface area contributed by atoms with Crippen LogP contribution >= 0.6 is 0 Å². The van der Waals surface area contributed by atoms with Crippen LogP contribution in [0.2, 0.25) is 0 Å². The molecule has 5 rings (SSSR count). The van der Waals surface area contributed by atoms with Gasteiger partial charge in [0.15, 0.2) is 0 Å². The molecule has 0 bridgehead atoms. The quantitative estimate of drug-likeness (QED) is 0.368. The molecule has 0 aliphatic rings. The third-order valence-corrected chi connectivity index (χ3v) is 5.19. The van der Waals surface area contributed by atoms with Crippen molar-refractivity contribution < 1.29 is 0 Å². The molecule has 0 N–H and O–H groups in total. The maximum Gasteiger partial charge on any atom is 0.0590 e. The van der Waals surface area contributed by atoms with E-state index >= 15 is 0 Å². The zero-order chi connectivity index (χ0) is 15.7. The number of hydrogen-bond acceptors (Lipinski definition) is 0. The van der Waals surface area contributed by atoms with E-state index < -0.39 is 0 Å². The molecular weight excluding hydrogens is 280 g/mol. The van der Waals surface area contributed by atoms with Gasteiger partial charge in [-0.2, -0.15) is 0 Å². The maximum atomic E-state index is 2.35. The van der Waals surface area contributed by atoms with Crippen LogP contribution in [0.15, 0.2) is 54.6 Å². The van der Waals surface area contributed by atoms with E-state index in [9.17, 15) is 0 Å². The van der Waals surface area contributed by atoms with E-state index in [1.165, 1.54) is 49.2 Å². The molecule has 2 aromatic heterocycles. The van der Waals surface area contributed by atoms with Gasteiger partial charge in [0, 0.05) is 46.7 Å². The zero-order valence-electron chi connectivity index (χ0n) is 13.6. The highest BCUT2D eigenvalue weighted by Gasteiger charge is 2.16. The van der Waals surface area contributed by atoms with Crippen LogP contribution in [0.1, 0.15) is 5.56 Å². The molecule has 23 heavy (non-hydrogen) atoms. The molecule has 0 aliphatic carbocycles. The number of para-hydroxylation sites is 1. The molecule has 0 atom stereocenters. The van der Waals surface area contributed by atoms with Gasteiger partial charge in [0.05, 0.1) is 11.0 Å². The molecule has 112 valence electrons. The number of aromatic nitrogens is 2. The molecule has 0 radical (unpaired) electrons. The average molecular weight is 298 g/mol. The van der Waals surface area contributed by atoms with Gasteiger partial charge < -0.3 is 9.13 Å². The molecule has 0 saturated heterocycles. The van der Waals surface area contributed by atoms with Crippen LogP contribution in [-0.4, -0.2) is 9.13 Å². The Balaban J connectivity index is 2.16. The SMILES string of the molecule is Cc1ccc2c(c1)c1ccc3c(c4ccccc4n3C)c1n2C. The molecule has 0 amide bonds. The van der Waals surface area contributed by atoms with Crippen molar-refractivity contribution in [2.24, 2.45) is 14.1 Å². The van der Waals surface area contributed by atoms with Crippen LogP contribution < -0.4 is 0 Å². The highest BCUT2D eigenvalue weighted by molar-refractivity contribution is 6.25. The second kappa shape index (κ2) is 4.17. The van der Waals surface area contributed by atoms with Gasteiger partial charge in [-0.15, -0.1) is 0 Å². The highest BCUT2D eigenvalue weighted by atomic mass is 15.0. The monoisotopic (exact) mass is 298 g/mol. The first-order chi connectivity index (χ1) is 11.2. The summed E-state index contributed by atoms with van der Waals surface area (Å²) in [6.07, 6.45) is 0. The summed E-state index contributed by atoms with van der Waals surface area (Å²) in [5, 5.41) is 5.38. The van der Waals surface area contributed by atoms with E-state index in [0.717, 1.165) is 0 Å². The lowest BCUT2D eigenvalue weighted by Gasteiger charge is -2.01. The normalized spacial score (nSPS) is 12.1. The van der Waals surface area contributed by atoms with Gasteiger partial charge in [-0.25, -0.2) is 0 Å². The van der Waals surface area contributed by atoms with E-state index in [0.29, 0.717) is 0 Å². The van der Waals surface area contributed by atoms with Gasteiger partial charge in [-0.3, -0.25) is 0 Å². The van der Waals surface area contributed by atoms with Crippen LogP contribution in [0.3, 0.4) is 0 Å². The maximum absolute atomic E-state index is 2.35. The summed E-state index contributed by atoms with van der Waals surface area (Å²) in [6.45, 7) is 2.16. The van der Waals surface area contributed by atoms with Gasteiger partial charge in [0.1, 0.15) is 0 Å². The summed E-state index contributed by atoms with van der Waals surface area (Å²) >= 11 is 0. The van der Waals surface area contributed by atoms with E-state index in [2.05, 4.69) is 84.8 Å². The van der Waals surface area contributed by atoms with Crippen molar-refractivity contribution in [3.63, 3.8) is 0 Å². The predicted octanol–water partition coefficient (Wildman–Crippen LogP) is 5.28. The van der Waals surface area contributed by atoms with E-state index in [4.69, 9.17) is 0 Å². The van der Waals surface area contributed by atoms with E-state index in [-0.39, 0.29) is 0 Å². The number of benzene rings is 3. The largest absolute Gasteiger partial charge is 0.344 e. The number of rotatable bonds is 0. The molecular formula is C21H18N2. The topological polar surface area (TPSA) is 9.86 Å². The van der Waals surface area contributed by atoms with Crippen molar-refractivity contribution >= 4 is 43.6 Å². The fourth-order valence-electron chi connectivity index (χ4n) is 4.08. The van der Waals surface area contributed by atoms with Crippen LogP contribution in [0, 0.1) is 6.92 Å². The minimum atomic E-state index is 1.29. The smallest absolute Gasteiger partial charge is 0.0590 e. The fraction of sp³-hybridized carbons (Fsp3) is 0.143. The first-order valence-corrected chi connectivity index (χ1v) is 8.01. The Morgan fingerprint density at radius 3 is 2.26 bits per heavy atom. The molecule has 0 spiro atoms. The van der Waals surface area contributed by atoms with Crippen molar-refractivity contribution in [2.75, 3.05) is 0 Å². The second-order valence-electron chi connectivity index (χ2n) is 6.51. The van der Waals surface area contributed by atoms with Crippen molar-refractivity contribution in [3.05, 3.63) is 60.2 Å². The summed E-state index contributed by atoms with van der Waals surface area (Å²) in [5.74, 6) is 0. The van der Waals surface area contributed by atoms with Crippen LogP contribution in [0.4, 0.5) is 0 Å². The third-order valence-electron chi connectivity index (χ3n) is 5.19. The van der Waals surface area contributed by atoms with Gasteiger partial charge in [-0.1, -0.05) is 35.9 Å². The molecule has 0 fully saturated rings. The van der Waals surface area contributed by atoms with Crippen molar-refractivity contribution in [2.45, 2.75) is 6.92 Å². The third kappa shape index (κ3) is 1.48. The molecule has 2 heterocycles. The fourth-order valence-corrected chi connectivity index (χ4v) is 4.08. The lowest BCUT2D eigenvalue weighted by Crippen LogP contribution is -1.88. The molecule has 3 aromatic carbocycles. The average Bonchev–Trinajstić information content (AvgIpc) is 3.01. The Kier molecular flexibility index (Phi) is 2.31. The molecule has 0 aliphatic heterocycles. The Bertz CT molecular complexity index is 1240. The molecule has 2 heteroatoms. The highest BCUT2D eigenvalue weighted by Crippen LogP contribution is 2.38. The summed E-state index contributed by atoms with van der Waals surface area (Å²) in [7, 11) is 4.34. The predicted molar refractivity (Wildman–Crippen MR) is 99.1 cm³/mol. The van der Waals surface area contributed by atoms with Gasteiger partial charge in [0.25, 0.3) is 0 Å².